The number of hydrogen-bond acceptors (Lipinski definition) is 4. The molecule has 0 aromatic heterocycles. The average molecular weight is 383 g/mol. The van der Waals surface area contributed by atoms with Crippen molar-refractivity contribution < 1.29 is 20.3 Å². The molecule has 0 atom stereocenters. The number of amides is 1. The van der Waals surface area contributed by atoms with E-state index in [1.165, 1.54) is 18.4 Å². The van der Waals surface area contributed by atoms with Gasteiger partial charge >= 0.3 is 0 Å². The number of rotatable bonds is 8. The third-order valence-electron chi connectivity index (χ3n) is 2.83. The molecule has 0 radical (unpaired) electrons. The number of hydroxylamine groups is 2. The summed E-state index contributed by atoms with van der Waals surface area (Å²) < 4.78 is 0.954. The number of aryl methyl sites for hydroxylation is 1. The lowest BCUT2D eigenvalue weighted by Crippen LogP contribution is -2.74. The maximum atomic E-state index is 12.2. The minimum Gasteiger partial charge on any atom is -0.350 e. The van der Waals surface area contributed by atoms with E-state index in [1.54, 1.807) is 6.92 Å². The SMILES string of the molecule is C=CC=C(C(=O)NOCC)C(=C[NH2+]O)Nc1ccc(Br)cc1C. The third-order valence-corrected chi connectivity index (χ3v) is 3.32. The minimum absolute atomic E-state index is 0.279. The van der Waals surface area contributed by atoms with E-state index in [2.05, 4.69) is 33.3 Å². The molecule has 0 aliphatic rings. The highest BCUT2D eigenvalue weighted by Gasteiger charge is 2.17. The Balaban J connectivity index is 3.11. The molecule has 1 amide bonds. The van der Waals surface area contributed by atoms with Gasteiger partial charge in [-0.2, -0.15) is 5.48 Å². The predicted molar refractivity (Wildman–Crippen MR) is 92.3 cm³/mol. The molecule has 23 heavy (non-hydrogen) atoms. The van der Waals surface area contributed by atoms with E-state index < -0.39 is 5.91 Å². The summed E-state index contributed by atoms with van der Waals surface area (Å²) in [5.41, 5.74) is 5.66. The number of carbonyl (C=O) groups excluding carboxylic acids is 1. The largest absolute Gasteiger partial charge is 0.350 e. The van der Waals surface area contributed by atoms with Crippen molar-refractivity contribution in [3.05, 3.63) is 64.4 Å². The van der Waals surface area contributed by atoms with Crippen LogP contribution in [0.1, 0.15) is 12.5 Å². The Hall–Kier alpha value is -1.93. The van der Waals surface area contributed by atoms with Crippen molar-refractivity contribution in [2.45, 2.75) is 13.8 Å². The zero-order valence-electron chi connectivity index (χ0n) is 13.1. The molecule has 0 aliphatic heterocycles. The third kappa shape index (κ3) is 5.99. The van der Waals surface area contributed by atoms with Gasteiger partial charge in [-0.1, -0.05) is 28.6 Å². The molecule has 1 aromatic carbocycles. The zero-order chi connectivity index (χ0) is 17.2. The topological polar surface area (TPSA) is 87.2 Å². The number of benzene rings is 1. The molecule has 0 fully saturated rings. The first-order chi connectivity index (χ1) is 11.0. The van der Waals surface area contributed by atoms with Gasteiger partial charge in [0.15, 0.2) is 0 Å². The summed E-state index contributed by atoms with van der Waals surface area (Å²) in [5.74, 6) is -0.442. The number of carbonyl (C=O) groups is 1. The van der Waals surface area contributed by atoms with Crippen LogP contribution in [0.2, 0.25) is 0 Å². The second kappa shape index (κ2) is 9.96. The number of halogens is 1. The van der Waals surface area contributed by atoms with Crippen LogP contribution in [-0.4, -0.2) is 17.7 Å². The first-order valence-corrected chi connectivity index (χ1v) is 7.78. The highest BCUT2D eigenvalue weighted by Crippen LogP contribution is 2.23. The summed E-state index contributed by atoms with van der Waals surface area (Å²) in [6.45, 7) is 7.65. The van der Waals surface area contributed by atoms with Crippen LogP contribution in [0, 0.1) is 6.92 Å². The molecule has 124 valence electrons. The van der Waals surface area contributed by atoms with Gasteiger partial charge in [0.1, 0.15) is 11.9 Å². The van der Waals surface area contributed by atoms with Gasteiger partial charge in [-0.25, -0.2) is 10.7 Å². The van der Waals surface area contributed by atoms with Crippen molar-refractivity contribution in [1.29, 1.82) is 0 Å². The van der Waals surface area contributed by atoms with Crippen molar-refractivity contribution >= 4 is 27.5 Å². The zero-order valence-corrected chi connectivity index (χ0v) is 14.7. The van der Waals surface area contributed by atoms with Crippen LogP contribution in [0.5, 0.6) is 0 Å². The fourth-order valence-electron chi connectivity index (χ4n) is 1.78. The predicted octanol–water partition coefficient (Wildman–Crippen LogP) is 2.14. The Bertz CT molecular complexity index is 627. The summed E-state index contributed by atoms with van der Waals surface area (Å²) in [7, 11) is 0. The minimum atomic E-state index is -0.442. The molecular formula is C16H21BrN3O3+. The molecule has 5 N–H and O–H groups in total. The van der Waals surface area contributed by atoms with Gasteiger partial charge in [0.25, 0.3) is 5.91 Å². The van der Waals surface area contributed by atoms with E-state index in [-0.39, 0.29) is 5.57 Å². The van der Waals surface area contributed by atoms with Crippen LogP contribution >= 0.6 is 15.9 Å². The highest BCUT2D eigenvalue weighted by atomic mass is 79.9. The second-order valence-corrected chi connectivity index (χ2v) is 5.41. The van der Waals surface area contributed by atoms with Gasteiger partial charge in [0, 0.05) is 10.2 Å². The van der Waals surface area contributed by atoms with Gasteiger partial charge in [-0.15, -0.1) is 0 Å². The standard InChI is InChI=1S/C16H20BrN3O3/c1-4-6-13(16(21)20-23-5-2)15(10-18-22)19-14-8-7-12(17)9-11(14)3/h4,6-10,18-19,22H,1,5H2,2-3H3,(H,20,21)/p+1. The van der Waals surface area contributed by atoms with E-state index in [0.717, 1.165) is 21.2 Å². The molecule has 0 bridgehead atoms. The Kier molecular flexibility index (Phi) is 8.28. The molecule has 0 spiro atoms. The van der Waals surface area contributed by atoms with E-state index in [0.29, 0.717) is 12.3 Å². The fourth-order valence-corrected chi connectivity index (χ4v) is 2.26. The smallest absolute Gasteiger partial charge is 0.277 e. The molecule has 1 rings (SSSR count). The summed E-state index contributed by atoms with van der Waals surface area (Å²) in [4.78, 5) is 17.1. The quantitative estimate of drug-likeness (QED) is 0.315. The van der Waals surface area contributed by atoms with Crippen LogP contribution in [0.15, 0.2) is 58.9 Å². The maximum Gasteiger partial charge on any atom is 0.277 e. The highest BCUT2D eigenvalue weighted by molar-refractivity contribution is 9.10. The van der Waals surface area contributed by atoms with Crippen LogP contribution in [-0.2, 0) is 9.63 Å². The van der Waals surface area contributed by atoms with Crippen LogP contribution in [0.4, 0.5) is 5.69 Å². The van der Waals surface area contributed by atoms with E-state index in [1.807, 2.05) is 25.1 Å². The van der Waals surface area contributed by atoms with E-state index in [4.69, 9.17) is 10.0 Å². The van der Waals surface area contributed by atoms with Gasteiger partial charge in [0.05, 0.1) is 12.2 Å². The number of nitrogens with two attached hydrogens (primary N) is 1. The molecule has 0 saturated carbocycles. The molecule has 6 nitrogen and oxygen atoms in total. The van der Waals surface area contributed by atoms with Gasteiger partial charge < -0.3 is 5.32 Å². The van der Waals surface area contributed by atoms with Crippen molar-refractivity contribution in [1.82, 2.24) is 5.48 Å². The summed E-state index contributed by atoms with van der Waals surface area (Å²) in [6, 6.07) is 5.70. The Labute approximate surface area is 144 Å². The summed E-state index contributed by atoms with van der Waals surface area (Å²) in [5, 5.41) is 12.3. The molecule has 0 aliphatic carbocycles. The Morgan fingerprint density at radius 3 is 2.83 bits per heavy atom. The monoisotopic (exact) mass is 382 g/mol. The van der Waals surface area contributed by atoms with Crippen LogP contribution in [0.3, 0.4) is 0 Å². The first-order valence-electron chi connectivity index (χ1n) is 6.99. The van der Waals surface area contributed by atoms with E-state index >= 15 is 0 Å². The second-order valence-electron chi connectivity index (χ2n) is 4.49. The van der Waals surface area contributed by atoms with E-state index in [9.17, 15) is 4.79 Å². The molecular weight excluding hydrogens is 362 g/mol. The van der Waals surface area contributed by atoms with Crippen molar-refractivity contribution in [2.75, 3.05) is 11.9 Å². The molecule has 0 heterocycles. The number of allylic oxidation sites excluding steroid dienone is 2. The van der Waals surface area contributed by atoms with Crippen molar-refractivity contribution in [2.24, 2.45) is 0 Å². The number of nitrogens with one attached hydrogen (secondary N) is 2. The Morgan fingerprint density at radius 2 is 2.26 bits per heavy atom. The molecule has 7 heteroatoms. The van der Waals surface area contributed by atoms with Crippen molar-refractivity contribution in [3.8, 4) is 0 Å². The van der Waals surface area contributed by atoms with Gasteiger partial charge in [0.2, 0.25) is 0 Å². The summed E-state index contributed by atoms with van der Waals surface area (Å²) >= 11 is 3.40. The van der Waals surface area contributed by atoms with Gasteiger partial charge in [-0.05, 0) is 43.7 Å². The van der Waals surface area contributed by atoms with Crippen LogP contribution < -0.4 is 16.3 Å². The number of hydrogen-bond donors (Lipinski definition) is 4. The average Bonchev–Trinajstić information content (AvgIpc) is 2.52. The van der Waals surface area contributed by atoms with Crippen LogP contribution in [0.25, 0.3) is 0 Å². The lowest BCUT2D eigenvalue weighted by molar-refractivity contribution is -0.838. The van der Waals surface area contributed by atoms with Gasteiger partial charge in [-0.3, -0.25) is 9.63 Å². The molecule has 0 saturated heterocycles. The fraction of sp³-hybridized carbons (Fsp3) is 0.188. The lowest BCUT2D eigenvalue weighted by atomic mass is 10.1. The number of quaternary nitrogens is 1. The first kappa shape index (κ1) is 19.1. The summed E-state index contributed by atoms with van der Waals surface area (Å²) in [6.07, 6.45) is 4.41. The molecule has 0 unspecified atom stereocenters. The normalized spacial score (nSPS) is 12.0. The molecule has 1 aromatic rings. The van der Waals surface area contributed by atoms with Crippen molar-refractivity contribution in [3.63, 3.8) is 0 Å². The maximum absolute atomic E-state index is 12.2. The Morgan fingerprint density at radius 1 is 1.52 bits per heavy atom. The number of anilines is 1. The lowest BCUT2D eigenvalue weighted by Gasteiger charge is -2.14.